The molecule has 1 unspecified atom stereocenters. The standard InChI is InChI=1S/C22H25N3O4S/c1-2-29-18-11-9-17(10-12-18)25-20(27)15-19(21(25)28)30-22(23-13-6-14-26)24-16-7-4-3-5-8-16/h3-5,7-12,19,26H,2,6,13-15H2,1H3,(H,23,24). The van der Waals surface area contributed by atoms with E-state index in [1.807, 2.05) is 37.3 Å². The minimum atomic E-state index is -0.562. The summed E-state index contributed by atoms with van der Waals surface area (Å²) >= 11 is 1.24. The quantitative estimate of drug-likeness (QED) is 0.291. The number of anilines is 2. The Morgan fingerprint density at radius 2 is 1.93 bits per heavy atom. The van der Waals surface area contributed by atoms with Crippen LogP contribution in [0.5, 0.6) is 5.75 Å². The molecule has 0 aromatic heterocycles. The lowest BCUT2D eigenvalue weighted by atomic mass is 10.3. The first-order valence-corrected chi connectivity index (χ1v) is 10.7. The van der Waals surface area contributed by atoms with Gasteiger partial charge in [0.2, 0.25) is 11.8 Å². The van der Waals surface area contributed by atoms with Crippen LogP contribution in [-0.4, -0.2) is 47.1 Å². The van der Waals surface area contributed by atoms with Crippen LogP contribution in [0, 0.1) is 0 Å². The molecule has 2 aromatic rings. The normalized spacial score (nSPS) is 16.8. The molecule has 3 rings (SSSR count). The zero-order chi connectivity index (χ0) is 21.3. The van der Waals surface area contributed by atoms with Crippen molar-refractivity contribution < 1.29 is 19.4 Å². The first kappa shape index (κ1) is 21.9. The van der Waals surface area contributed by atoms with Crippen molar-refractivity contribution in [2.75, 3.05) is 30.0 Å². The Balaban J connectivity index is 1.72. The molecule has 30 heavy (non-hydrogen) atoms. The van der Waals surface area contributed by atoms with Gasteiger partial charge in [-0.25, -0.2) is 4.90 Å². The molecule has 7 nitrogen and oxygen atoms in total. The van der Waals surface area contributed by atoms with E-state index in [1.54, 1.807) is 24.3 Å². The number of benzene rings is 2. The smallest absolute Gasteiger partial charge is 0.247 e. The number of imide groups is 1. The third-order valence-corrected chi connectivity index (χ3v) is 5.47. The monoisotopic (exact) mass is 427 g/mol. The SMILES string of the molecule is CCOc1ccc(N2C(=O)CC(SC(=NCCCO)Nc3ccccc3)C2=O)cc1. The van der Waals surface area contributed by atoms with Crippen LogP contribution >= 0.6 is 11.8 Å². The molecule has 1 heterocycles. The zero-order valence-electron chi connectivity index (χ0n) is 16.8. The van der Waals surface area contributed by atoms with Crippen LogP contribution in [0.25, 0.3) is 0 Å². The molecular formula is C22H25N3O4S. The van der Waals surface area contributed by atoms with Crippen LogP contribution in [0.15, 0.2) is 59.6 Å². The third kappa shape index (κ3) is 5.61. The van der Waals surface area contributed by atoms with Crippen LogP contribution in [-0.2, 0) is 9.59 Å². The van der Waals surface area contributed by atoms with Crippen molar-refractivity contribution >= 4 is 40.1 Å². The Bertz CT molecular complexity index is 887. The van der Waals surface area contributed by atoms with Crippen LogP contribution < -0.4 is 15.0 Å². The number of nitrogens with one attached hydrogen (secondary N) is 1. The molecule has 2 aromatic carbocycles. The molecule has 1 saturated heterocycles. The second-order valence-corrected chi connectivity index (χ2v) is 7.75. The number of aliphatic hydroxyl groups is 1. The molecule has 8 heteroatoms. The van der Waals surface area contributed by atoms with E-state index in [9.17, 15) is 9.59 Å². The predicted octanol–water partition coefficient (Wildman–Crippen LogP) is 3.30. The summed E-state index contributed by atoms with van der Waals surface area (Å²) in [7, 11) is 0. The zero-order valence-corrected chi connectivity index (χ0v) is 17.6. The molecule has 2 amide bonds. The van der Waals surface area contributed by atoms with E-state index in [-0.39, 0.29) is 24.8 Å². The van der Waals surface area contributed by atoms with Crippen molar-refractivity contribution in [1.29, 1.82) is 0 Å². The molecule has 2 N–H and O–H groups in total. The van der Waals surface area contributed by atoms with Gasteiger partial charge in [-0.3, -0.25) is 14.6 Å². The topological polar surface area (TPSA) is 91.2 Å². The van der Waals surface area contributed by atoms with Crippen molar-refractivity contribution in [2.45, 2.75) is 25.0 Å². The highest BCUT2D eigenvalue weighted by atomic mass is 32.2. The maximum Gasteiger partial charge on any atom is 0.247 e. The van der Waals surface area contributed by atoms with Crippen molar-refractivity contribution in [1.82, 2.24) is 0 Å². The maximum atomic E-state index is 13.0. The first-order valence-electron chi connectivity index (χ1n) is 9.86. The summed E-state index contributed by atoms with van der Waals surface area (Å²) in [6.45, 7) is 2.91. The minimum absolute atomic E-state index is 0.0408. The lowest BCUT2D eigenvalue weighted by molar-refractivity contribution is -0.121. The van der Waals surface area contributed by atoms with E-state index < -0.39 is 5.25 Å². The summed E-state index contributed by atoms with van der Waals surface area (Å²) in [4.78, 5) is 31.2. The summed E-state index contributed by atoms with van der Waals surface area (Å²) in [6.07, 6.45) is 0.628. The van der Waals surface area contributed by atoms with E-state index in [0.717, 1.165) is 5.69 Å². The molecule has 1 fully saturated rings. The molecule has 0 radical (unpaired) electrons. The number of rotatable bonds is 8. The number of aliphatic imine (C=N–C) groups is 1. The number of ether oxygens (including phenoxy) is 1. The Morgan fingerprint density at radius 1 is 1.20 bits per heavy atom. The fraction of sp³-hybridized carbons (Fsp3) is 0.318. The van der Waals surface area contributed by atoms with Gasteiger partial charge in [-0.2, -0.15) is 0 Å². The highest BCUT2D eigenvalue weighted by Crippen LogP contribution is 2.31. The Kier molecular flexibility index (Phi) is 7.87. The molecule has 1 atom stereocenters. The highest BCUT2D eigenvalue weighted by Gasteiger charge is 2.40. The molecule has 1 aliphatic heterocycles. The maximum absolute atomic E-state index is 13.0. The molecular weight excluding hydrogens is 402 g/mol. The van der Waals surface area contributed by atoms with Crippen molar-refractivity contribution in [3.63, 3.8) is 0 Å². The number of nitrogens with zero attached hydrogens (tertiary/aromatic N) is 2. The van der Waals surface area contributed by atoms with Crippen LogP contribution in [0.2, 0.25) is 0 Å². The van der Waals surface area contributed by atoms with Crippen LogP contribution in [0.1, 0.15) is 19.8 Å². The third-order valence-electron chi connectivity index (χ3n) is 4.36. The number of para-hydroxylation sites is 1. The van der Waals surface area contributed by atoms with Crippen molar-refractivity contribution in [3.8, 4) is 5.75 Å². The molecule has 0 bridgehead atoms. The van der Waals surface area contributed by atoms with Gasteiger partial charge in [-0.1, -0.05) is 30.0 Å². The number of thioether (sulfide) groups is 1. The van der Waals surface area contributed by atoms with E-state index >= 15 is 0 Å². The van der Waals surface area contributed by atoms with Gasteiger partial charge in [0.1, 0.15) is 11.0 Å². The lowest BCUT2D eigenvalue weighted by Crippen LogP contribution is -2.31. The molecule has 1 aliphatic rings. The van der Waals surface area contributed by atoms with Gasteiger partial charge in [0.15, 0.2) is 5.17 Å². The van der Waals surface area contributed by atoms with Crippen molar-refractivity contribution in [2.24, 2.45) is 4.99 Å². The summed E-state index contributed by atoms with van der Waals surface area (Å²) in [5.41, 5.74) is 1.37. The lowest BCUT2D eigenvalue weighted by Gasteiger charge is -2.16. The van der Waals surface area contributed by atoms with Crippen molar-refractivity contribution in [3.05, 3.63) is 54.6 Å². The van der Waals surface area contributed by atoms with E-state index in [4.69, 9.17) is 9.84 Å². The van der Waals surface area contributed by atoms with Crippen LogP contribution in [0.4, 0.5) is 11.4 Å². The highest BCUT2D eigenvalue weighted by molar-refractivity contribution is 8.15. The second kappa shape index (κ2) is 10.8. The number of carbonyl (C=O) groups excluding carboxylic acids is 2. The Morgan fingerprint density at radius 3 is 2.60 bits per heavy atom. The average molecular weight is 428 g/mol. The Hall–Kier alpha value is -2.84. The fourth-order valence-corrected chi connectivity index (χ4v) is 4.01. The number of amides is 2. The van der Waals surface area contributed by atoms with E-state index in [0.29, 0.717) is 36.2 Å². The number of hydrogen-bond donors (Lipinski definition) is 2. The molecule has 0 aliphatic carbocycles. The largest absolute Gasteiger partial charge is 0.494 e. The van der Waals surface area contributed by atoms with E-state index in [2.05, 4.69) is 10.3 Å². The van der Waals surface area contributed by atoms with Gasteiger partial charge in [-0.15, -0.1) is 0 Å². The number of aliphatic hydroxyl groups excluding tert-OH is 1. The van der Waals surface area contributed by atoms with Gasteiger partial charge in [0.05, 0.1) is 12.3 Å². The second-order valence-electron chi connectivity index (χ2n) is 6.56. The first-order chi connectivity index (χ1) is 14.6. The molecule has 0 saturated carbocycles. The predicted molar refractivity (Wildman–Crippen MR) is 120 cm³/mol. The Labute approximate surface area is 180 Å². The number of amidine groups is 1. The van der Waals surface area contributed by atoms with Crippen LogP contribution in [0.3, 0.4) is 0 Å². The fourth-order valence-electron chi connectivity index (χ4n) is 2.96. The molecule has 0 spiro atoms. The molecule has 158 valence electrons. The number of carbonyl (C=O) groups is 2. The average Bonchev–Trinajstić information content (AvgIpc) is 3.03. The summed E-state index contributed by atoms with van der Waals surface area (Å²) in [6, 6.07) is 16.4. The summed E-state index contributed by atoms with van der Waals surface area (Å²) < 4.78 is 5.42. The van der Waals surface area contributed by atoms with Gasteiger partial charge >= 0.3 is 0 Å². The van der Waals surface area contributed by atoms with Gasteiger partial charge in [0, 0.05) is 25.3 Å². The van der Waals surface area contributed by atoms with Gasteiger partial charge in [0.25, 0.3) is 0 Å². The summed E-state index contributed by atoms with van der Waals surface area (Å²) in [5, 5.41) is 12.2. The van der Waals surface area contributed by atoms with E-state index in [1.165, 1.54) is 16.7 Å². The van der Waals surface area contributed by atoms with Gasteiger partial charge in [-0.05, 0) is 49.7 Å². The summed E-state index contributed by atoms with van der Waals surface area (Å²) in [5.74, 6) is 0.187. The van der Waals surface area contributed by atoms with Gasteiger partial charge < -0.3 is 15.2 Å². The minimum Gasteiger partial charge on any atom is -0.494 e. The number of hydrogen-bond acceptors (Lipinski definition) is 6.